The number of nitrogens with zero attached hydrogens (tertiary/aromatic N) is 1. The Morgan fingerprint density at radius 1 is 1.27 bits per heavy atom. The summed E-state index contributed by atoms with van der Waals surface area (Å²) in [6.07, 6.45) is 0.832. The average molecular weight is 338 g/mol. The van der Waals surface area contributed by atoms with E-state index in [1.807, 2.05) is 13.0 Å². The Balaban J connectivity index is 2.24. The highest BCUT2D eigenvalue weighted by atomic mass is 32.2. The number of hydrogen-bond donors (Lipinski definition) is 1. The van der Waals surface area contributed by atoms with Gasteiger partial charge in [0.05, 0.1) is 15.5 Å². The first kappa shape index (κ1) is 16.5. The number of nitrogens with one attached hydrogen (secondary N) is 1. The lowest BCUT2D eigenvalue weighted by molar-refractivity contribution is 0.0957. The molecule has 1 heterocycles. The molecule has 7 heteroatoms. The molecule has 118 valence electrons. The molecule has 0 atom stereocenters. The van der Waals surface area contributed by atoms with Crippen LogP contribution in [-0.2, 0) is 10.0 Å². The van der Waals surface area contributed by atoms with Crippen molar-refractivity contribution in [3.8, 4) is 0 Å². The van der Waals surface area contributed by atoms with E-state index in [0.29, 0.717) is 17.1 Å². The number of carbonyl (C=O) groups excluding carboxylic acids is 1. The Labute approximate surface area is 134 Å². The van der Waals surface area contributed by atoms with Gasteiger partial charge in [-0.15, -0.1) is 11.3 Å². The van der Waals surface area contributed by atoms with Gasteiger partial charge in [0.15, 0.2) is 0 Å². The van der Waals surface area contributed by atoms with Crippen molar-refractivity contribution in [1.29, 1.82) is 0 Å². The van der Waals surface area contributed by atoms with Crippen LogP contribution >= 0.6 is 11.3 Å². The first-order chi connectivity index (χ1) is 10.5. The van der Waals surface area contributed by atoms with E-state index in [0.717, 1.165) is 17.8 Å². The second-order valence-electron chi connectivity index (χ2n) is 4.71. The van der Waals surface area contributed by atoms with Crippen molar-refractivity contribution in [2.45, 2.75) is 18.2 Å². The van der Waals surface area contributed by atoms with Crippen LogP contribution in [0.1, 0.15) is 23.0 Å². The Morgan fingerprint density at radius 2 is 1.95 bits per heavy atom. The van der Waals surface area contributed by atoms with E-state index in [4.69, 9.17) is 0 Å². The van der Waals surface area contributed by atoms with Crippen molar-refractivity contribution in [2.24, 2.45) is 0 Å². The zero-order valence-electron chi connectivity index (χ0n) is 12.4. The van der Waals surface area contributed by atoms with Gasteiger partial charge >= 0.3 is 0 Å². The second-order valence-corrected chi connectivity index (χ2v) is 7.59. The fourth-order valence-corrected chi connectivity index (χ4v) is 4.21. The third kappa shape index (κ3) is 3.48. The van der Waals surface area contributed by atoms with Crippen LogP contribution in [0.4, 0.5) is 5.69 Å². The van der Waals surface area contributed by atoms with Gasteiger partial charge in [-0.2, -0.15) is 0 Å². The summed E-state index contributed by atoms with van der Waals surface area (Å²) in [5.74, 6) is -0.240. The predicted octanol–water partition coefficient (Wildman–Crippen LogP) is 2.71. The van der Waals surface area contributed by atoms with Crippen molar-refractivity contribution in [3.05, 3.63) is 46.7 Å². The van der Waals surface area contributed by atoms with E-state index in [1.165, 1.54) is 22.8 Å². The topological polar surface area (TPSA) is 66.5 Å². The summed E-state index contributed by atoms with van der Waals surface area (Å²) in [5.41, 5.74) is 0.575. The fourth-order valence-electron chi connectivity index (χ4n) is 1.83. The molecule has 5 nitrogen and oxygen atoms in total. The number of thiophene rings is 1. The zero-order chi connectivity index (χ0) is 16.2. The lowest BCUT2D eigenvalue weighted by Gasteiger charge is -2.18. The molecule has 2 rings (SSSR count). The summed E-state index contributed by atoms with van der Waals surface area (Å²) in [6, 6.07) is 10.2. The molecule has 1 aromatic heterocycles. The SMILES string of the molecule is CCCNC(=O)c1cc(S(=O)(=O)N(C)c2ccccc2)cs1. The molecule has 2 aromatic rings. The van der Waals surface area contributed by atoms with Gasteiger partial charge in [-0.3, -0.25) is 9.10 Å². The quantitative estimate of drug-likeness (QED) is 0.880. The average Bonchev–Trinajstić information content (AvgIpc) is 3.03. The highest BCUT2D eigenvalue weighted by Gasteiger charge is 2.23. The molecule has 0 fully saturated rings. The predicted molar refractivity (Wildman–Crippen MR) is 89.0 cm³/mol. The molecule has 1 aromatic carbocycles. The normalized spacial score (nSPS) is 11.2. The van der Waals surface area contributed by atoms with E-state index >= 15 is 0 Å². The molecule has 0 aliphatic heterocycles. The fraction of sp³-hybridized carbons (Fsp3) is 0.267. The monoisotopic (exact) mass is 338 g/mol. The number of para-hydroxylation sites is 1. The summed E-state index contributed by atoms with van der Waals surface area (Å²) < 4.78 is 26.4. The molecule has 0 bridgehead atoms. The summed E-state index contributed by atoms with van der Waals surface area (Å²) in [5, 5.41) is 4.23. The minimum atomic E-state index is -3.66. The lowest BCUT2D eigenvalue weighted by atomic mass is 10.3. The van der Waals surface area contributed by atoms with Crippen LogP contribution < -0.4 is 9.62 Å². The van der Waals surface area contributed by atoms with Crippen molar-refractivity contribution in [3.63, 3.8) is 0 Å². The van der Waals surface area contributed by atoms with Crippen LogP contribution in [0.25, 0.3) is 0 Å². The van der Waals surface area contributed by atoms with Crippen molar-refractivity contribution < 1.29 is 13.2 Å². The van der Waals surface area contributed by atoms with Gasteiger partial charge in [0.25, 0.3) is 15.9 Å². The van der Waals surface area contributed by atoms with Gasteiger partial charge < -0.3 is 5.32 Å². The number of hydrogen-bond acceptors (Lipinski definition) is 4. The number of carbonyl (C=O) groups is 1. The third-order valence-corrected chi connectivity index (χ3v) is 5.95. The number of rotatable bonds is 6. The van der Waals surface area contributed by atoms with Crippen LogP contribution in [0.15, 0.2) is 46.7 Å². The third-order valence-electron chi connectivity index (χ3n) is 3.11. The van der Waals surface area contributed by atoms with Crippen LogP contribution in [0, 0.1) is 0 Å². The lowest BCUT2D eigenvalue weighted by Crippen LogP contribution is -2.26. The molecule has 0 aliphatic rings. The summed E-state index contributed by atoms with van der Waals surface area (Å²) in [7, 11) is -2.16. The van der Waals surface area contributed by atoms with E-state index in [9.17, 15) is 13.2 Å². The smallest absolute Gasteiger partial charge is 0.264 e. The van der Waals surface area contributed by atoms with E-state index < -0.39 is 10.0 Å². The molecule has 0 saturated heterocycles. The Hall–Kier alpha value is -1.86. The molecular formula is C15H18N2O3S2. The largest absolute Gasteiger partial charge is 0.351 e. The highest BCUT2D eigenvalue weighted by Crippen LogP contribution is 2.25. The molecule has 0 saturated carbocycles. The molecule has 1 N–H and O–H groups in total. The van der Waals surface area contributed by atoms with Gasteiger partial charge in [0, 0.05) is 19.0 Å². The van der Waals surface area contributed by atoms with Crippen LogP contribution in [0.5, 0.6) is 0 Å². The van der Waals surface area contributed by atoms with Gasteiger partial charge in [-0.05, 0) is 24.6 Å². The van der Waals surface area contributed by atoms with Crippen LogP contribution in [-0.4, -0.2) is 27.9 Å². The highest BCUT2D eigenvalue weighted by molar-refractivity contribution is 7.93. The van der Waals surface area contributed by atoms with Crippen molar-refractivity contribution in [2.75, 3.05) is 17.9 Å². The number of benzene rings is 1. The number of sulfonamides is 1. The van der Waals surface area contributed by atoms with Gasteiger partial charge in [0.2, 0.25) is 0 Å². The Bertz CT molecular complexity index is 739. The summed E-state index contributed by atoms with van der Waals surface area (Å²) in [6.45, 7) is 2.53. The molecule has 0 unspecified atom stereocenters. The van der Waals surface area contributed by atoms with Crippen molar-refractivity contribution >= 4 is 33.0 Å². The van der Waals surface area contributed by atoms with E-state index in [1.54, 1.807) is 24.3 Å². The van der Waals surface area contributed by atoms with Gasteiger partial charge in [-0.25, -0.2) is 8.42 Å². The Morgan fingerprint density at radius 3 is 2.59 bits per heavy atom. The van der Waals surface area contributed by atoms with E-state index in [-0.39, 0.29) is 10.8 Å². The van der Waals surface area contributed by atoms with Crippen LogP contribution in [0.3, 0.4) is 0 Å². The Kier molecular flexibility index (Phi) is 5.20. The van der Waals surface area contributed by atoms with Crippen molar-refractivity contribution in [1.82, 2.24) is 5.32 Å². The molecule has 22 heavy (non-hydrogen) atoms. The van der Waals surface area contributed by atoms with Gasteiger partial charge in [0.1, 0.15) is 0 Å². The number of anilines is 1. The maximum atomic E-state index is 12.6. The second kappa shape index (κ2) is 6.93. The minimum Gasteiger partial charge on any atom is -0.351 e. The summed E-state index contributed by atoms with van der Waals surface area (Å²) >= 11 is 1.13. The van der Waals surface area contributed by atoms with Crippen LogP contribution in [0.2, 0.25) is 0 Å². The zero-order valence-corrected chi connectivity index (χ0v) is 14.1. The maximum Gasteiger partial charge on any atom is 0.264 e. The first-order valence-electron chi connectivity index (χ1n) is 6.87. The molecule has 1 amide bonds. The first-order valence-corrected chi connectivity index (χ1v) is 9.19. The molecule has 0 radical (unpaired) electrons. The summed E-state index contributed by atoms with van der Waals surface area (Å²) in [4.78, 5) is 12.4. The standard InChI is InChI=1S/C15H18N2O3S2/c1-3-9-16-15(18)14-10-13(11-21-14)22(19,20)17(2)12-7-5-4-6-8-12/h4-8,10-11H,3,9H2,1-2H3,(H,16,18). The number of amides is 1. The van der Waals surface area contributed by atoms with E-state index in [2.05, 4.69) is 5.32 Å². The minimum absolute atomic E-state index is 0.130. The van der Waals surface area contributed by atoms with Gasteiger partial charge in [-0.1, -0.05) is 25.1 Å². The molecular weight excluding hydrogens is 320 g/mol. The maximum absolute atomic E-state index is 12.6. The molecule has 0 spiro atoms. The molecule has 0 aliphatic carbocycles.